The summed E-state index contributed by atoms with van der Waals surface area (Å²) in [7, 11) is 0. The van der Waals surface area contributed by atoms with Crippen molar-refractivity contribution < 1.29 is 0 Å². The molecule has 3 heterocycles. The van der Waals surface area contributed by atoms with Crippen LogP contribution in [0.15, 0.2) is 255 Å². The average molecular weight is 837 g/mol. The number of anilines is 5. The molecule has 10 aromatic rings. The number of fused-ring (bicyclic) bond motifs is 2. The van der Waals surface area contributed by atoms with Gasteiger partial charge in [-0.05, 0) is 133 Å². The summed E-state index contributed by atoms with van der Waals surface area (Å²) in [6.45, 7) is 3.85. The zero-order valence-corrected chi connectivity index (χ0v) is 35.6. The summed E-state index contributed by atoms with van der Waals surface area (Å²) in [5.41, 5.74) is 17.8. The lowest BCUT2D eigenvalue weighted by molar-refractivity contribution is 1.07. The van der Waals surface area contributed by atoms with E-state index in [1.165, 1.54) is 5.56 Å². The second-order valence-electron chi connectivity index (χ2n) is 15.5. The highest BCUT2D eigenvalue weighted by Gasteiger charge is 2.23. The molecule has 0 spiro atoms. The van der Waals surface area contributed by atoms with Crippen LogP contribution in [0.5, 0.6) is 0 Å². The Morgan fingerprint density at radius 1 is 0.400 bits per heavy atom. The largest absolute Gasteiger partial charge is 0.385 e. The lowest BCUT2D eigenvalue weighted by atomic mass is 9.84. The maximum atomic E-state index is 6.95. The van der Waals surface area contributed by atoms with Gasteiger partial charge in [-0.15, -0.1) is 0 Å². The van der Waals surface area contributed by atoms with Crippen molar-refractivity contribution in [1.29, 1.82) is 0 Å². The first-order valence-electron chi connectivity index (χ1n) is 21.6. The molecule has 0 aliphatic carbocycles. The molecular weight excluding hydrogens is 793 g/mol. The van der Waals surface area contributed by atoms with Gasteiger partial charge in [0.1, 0.15) is 23.3 Å². The van der Waals surface area contributed by atoms with E-state index in [2.05, 4.69) is 145 Å². The van der Waals surface area contributed by atoms with Crippen LogP contribution in [0.2, 0.25) is 0 Å². The van der Waals surface area contributed by atoms with Gasteiger partial charge in [-0.3, -0.25) is 9.80 Å². The number of aromatic nitrogens is 3. The Labute approximate surface area is 379 Å². The number of hydrogen-bond donors (Lipinski definition) is 1. The number of allylic oxidation sites excluding steroid dienone is 4. The summed E-state index contributed by atoms with van der Waals surface area (Å²) in [5, 5.41) is 4.34. The van der Waals surface area contributed by atoms with E-state index in [0.29, 0.717) is 11.6 Å². The number of rotatable bonds is 12. The van der Waals surface area contributed by atoms with E-state index < -0.39 is 0 Å². The van der Waals surface area contributed by atoms with E-state index in [-0.39, 0.29) is 0 Å². The molecule has 0 radical (unpaired) electrons. The number of hydrogen-bond acceptors (Lipinski definition) is 6. The quantitative estimate of drug-likeness (QED) is 0.0976. The van der Waals surface area contributed by atoms with E-state index in [9.17, 15) is 0 Å². The van der Waals surface area contributed by atoms with E-state index in [0.717, 1.165) is 83.5 Å². The van der Waals surface area contributed by atoms with Gasteiger partial charge in [-0.2, -0.15) is 0 Å². The van der Waals surface area contributed by atoms with E-state index in [1.54, 1.807) is 12.3 Å². The van der Waals surface area contributed by atoms with Gasteiger partial charge in [0.25, 0.3) is 0 Å². The van der Waals surface area contributed by atoms with Crippen LogP contribution in [0.1, 0.15) is 0 Å². The number of nitrogens with zero attached hydrogens (tertiary/aromatic N) is 5. The topological polar surface area (TPSA) is 71.2 Å². The van der Waals surface area contributed by atoms with Crippen molar-refractivity contribution in [3.63, 3.8) is 0 Å². The van der Waals surface area contributed by atoms with Gasteiger partial charge in [-0.25, -0.2) is 15.0 Å². The van der Waals surface area contributed by atoms with Crippen LogP contribution in [0.3, 0.4) is 0 Å². The molecule has 10 rings (SSSR count). The summed E-state index contributed by atoms with van der Waals surface area (Å²) in [4.78, 5) is 18.5. The third kappa shape index (κ3) is 8.16. The zero-order valence-electron chi connectivity index (χ0n) is 35.6. The minimum absolute atomic E-state index is 0.515. The zero-order chi connectivity index (χ0) is 44.0. The minimum Gasteiger partial charge on any atom is -0.385 e. The Hall–Kier alpha value is -8.87. The molecule has 6 nitrogen and oxygen atoms in total. The third-order valence-electron chi connectivity index (χ3n) is 11.6. The standard InChI is InChI=1S/C59H44N6/c1-2-3-6-21-54(60)64(55-22-11-14-37-61-55)48-33-35-50-52(40-48)58(46-29-25-44(26-30-46)42-17-7-4-8-18-42)51-36-34-49(65(56-23-12-15-38-62-56)57-24-13-16-39-63-57)41-53(51)59(50)47-31-27-45(28-32-47)43-19-9-5-10-20-43/h2-41H,1,60H2/b6-3-,54-21+. The van der Waals surface area contributed by atoms with Gasteiger partial charge in [-0.1, -0.05) is 164 Å². The van der Waals surface area contributed by atoms with E-state index in [1.807, 2.05) is 102 Å². The fourth-order valence-electron chi connectivity index (χ4n) is 8.59. The third-order valence-corrected chi connectivity index (χ3v) is 11.6. The molecule has 0 saturated heterocycles. The average Bonchev–Trinajstić information content (AvgIpc) is 3.37. The van der Waals surface area contributed by atoms with Gasteiger partial charge in [0.15, 0.2) is 0 Å². The molecule has 7 aromatic carbocycles. The Balaban J connectivity index is 1.28. The van der Waals surface area contributed by atoms with Crippen LogP contribution in [0.4, 0.5) is 28.8 Å². The van der Waals surface area contributed by atoms with Crippen LogP contribution in [-0.2, 0) is 0 Å². The van der Waals surface area contributed by atoms with Gasteiger partial charge < -0.3 is 5.73 Å². The Morgan fingerprint density at radius 2 is 0.815 bits per heavy atom. The lowest BCUT2D eigenvalue weighted by Gasteiger charge is -2.26. The summed E-state index contributed by atoms with van der Waals surface area (Å²) >= 11 is 0. The van der Waals surface area contributed by atoms with Crippen molar-refractivity contribution in [2.24, 2.45) is 5.73 Å². The highest BCUT2D eigenvalue weighted by Crippen LogP contribution is 2.48. The van der Waals surface area contributed by atoms with Gasteiger partial charge in [0, 0.05) is 30.0 Å². The van der Waals surface area contributed by atoms with Gasteiger partial charge in [0.05, 0.1) is 0 Å². The monoisotopic (exact) mass is 836 g/mol. The SMILES string of the molecule is C=C/C=C\C=C(/N)N(c1ccc2c(-c3ccc(-c4ccccc4)cc3)c3cc(N(c4ccccn4)c4ccccn4)ccc3c(-c3ccc(-c4ccccc4)cc3)c2c1)c1ccccn1. The highest BCUT2D eigenvalue weighted by molar-refractivity contribution is 6.22. The first kappa shape index (κ1) is 40.2. The Morgan fingerprint density at radius 3 is 1.28 bits per heavy atom. The van der Waals surface area contributed by atoms with Crippen LogP contribution < -0.4 is 15.5 Å². The molecule has 0 aliphatic heterocycles. The van der Waals surface area contributed by atoms with Crippen molar-refractivity contribution in [3.05, 3.63) is 255 Å². The molecule has 3 aromatic heterocycles. The molecule has 6 heteroatoms. The van der Waals surface area contributed by atoms with Gasteiger partial charge >= 0.3 is 0 Å². The van der Waals surface area contributed by atoms with Crippen molar-refractivity contribution >= 4 is 50.4 Å². The smallest absolute Gasteiger partial charge is 0.138 e. The van der Waals surface area contributed by atoms with Crippen LogP contribution >= 0.6 is 0 Å². The second-order valence-corrected chi connectivity index (χ2v) is 15.5. The molecule has 2 N–H and O–H groups in total. The molecule has 0 fully saturated rings. The first-order chi connectivity index (χ1) is 32.1. The molecule has 65 heavy (non-hydrogen) atoms. The Kier molecular flexibility index (Phi) is 11.3. The summed E-state index contributed by atoms with van der Waals surface area (Å²) in [6.07, 6.45) is 12.8. The summed E-state index contributed by atoms with van der Waals surface area (Å²) < 4.78 is 0. The normalized spacial score (nSPS) is 11.5. The van der Waals surface area contributed by atoms with Crippen LogP contribution in [0.25, 0.3) is 66.1 Å². The number of benzene rings is 7. The van der Waals surface area contributed by atoms with Crippen LogP contribution in [-0.4, -0.2) is 15.0 Å². The van der Waals surface area contributed by atoms with Gasteiger partial charge in [0.2, 0.25) is 0 Å². The second kappa shape index (κ2) is 18.2. The number of pyridine rings is 3. The van der Waals surface area contributed by atoms with Crippen LogP contribution in [0, 0.1) is 0 Å². The molecule has 0 saturated carbocycles. The van der Waals surface area contributed by atoms with Crippen molar-refractivity contribution in [2.75, 3.05) is 9.80 Å². The molecular formula is C59H44N6. The van der Waals surface area contributed by atoms with E-state index >= 15 is 0 Å². The summed E-state index contributed by atoms with van der Waals surface area (Å²) in [6, 6.07) is 70.0. The predicted molar refractivity (Wildman–Crippen MR) is 271 cm³/mol. The first-order valence-corrected chi connectivity index (χ1v) is 21.6. The van der Waals surface area contributed by atoms with Crippen molar-refractivity contribution in [2.45, 2.75) is 0 Å². The fourth-order valence-corrected chi connectivity index (χ4v) is 8.59. The maximum Gasteiger partial charge on any atom is 0.138 e. The Bertz CT molecular complexity index is 3260. The molecule has 0 unspecified atom stereocenters. The molecule has 0 aliphatic rings. The molecule has 0 atom stereocenters. The molecule has 0 bridgehead atoms. The van der Waals surface area contributed by atoms with E-state index in [4.69, 9.17) is 20.7 Å². The molecule has 310 valence electrons. The minimum atomic E-state index is 0.515. The van der Waals surface area contributed by atoms with Crippen molar-refractivity contribution in [3.8, 4) is 44.5 Å². The van der Waals surface area contributed by atoms with Crippen molar-refractivity contribution in [1.82, 2.24) is 15.0 Å². The molecule has 0 amide bonds. The maximum absolute atomic E-state index is 6.95. The summed E-state index contributed by atoms with van der Waals surface area (Å²) in [5.74, 6) is 2.75. The fraction of sp³-hybridized carbons (Fsp3) is 0. The number of nitrogens with two attached hydrogens (primary N) is 1. The predicted octanol–water partition coefficient (Wildman–Crippen LogP) is 15.0. The highest BCUT2D eigenvalue weighted by atomic mass is 15.2. The lowest BCUT2D eigenvalue weighted by Crippen LogP contribution is -2.23.